The van der Waals surface area contributed by atoms with E-state index in [2.05, 4.69) is 6.58 Å². The third-order valence-electron chi connectivity index (χ3n) is 0.983. The van der Waals surface area contributed by atoms with Gasteiger partial charge in [-0.3, -0.25) is 4.79 Å². The molecule has 6 nitrogen and oxygen atoms in total. The lowest BCUT2D eigenvalue weighted by molar-refractivity contribution is -0.139. The van der Waals surface area contributed by atoms with Crippen molar-refractivity contribution in [2.24, 2.45) is 0 Å². The van der Waals surface area contributed by atoms with Crippen molar-refractivity contribution in [1.29, 1.82) is 0 Å². The Kier molecular flexibility index (Phi) is 10.4. The molecule has 0 saturated heterocycles. The molecular formula is C8H14O6. The summed E-state index contributed by atoms with van der Waals surface area (Å²) in [6.07, 6.45) is -0.00463. The van der Waals surface area contributed by atoms with Crippen molar-refractivity contribution in [2.75, 3.05) is 13.2 Å². The van der Waals surface area contributed by atoms with Gasteiger partial charge in [-0.2, -0.15) is 0 Å². The van der Waals surface area contributed by atoms with E-state index < -0.39 is 18.4 Å². The highest BCUT2D eigenvalue weighted by atomic mass is 16.4. The second kappa shape index (κ2) is 9.69. The number of carboxylic acids is 2. The molecule has 14 heavy (non-hydrogen) atoms. The largest absolute Gasteiger partial charge is 0.481 e. The van der Waals surface area contributed by atoms with E-state index in [0.717, 1.165) is 0 Å². The predicted octanol–water partition coefficient (Wildman–Crippen LogP) is -0.537. The number of carboxylic acid groups (broad SMARTS) is 2. The lowest BCUT2D eigenvalue weighted by Gasteiger charge is -1.91. The Morgan fingerprint density at radius 2 is 1.50 bits per heavy atom. The van der Waals surface area contributed by atoms with Gasteiger partial charge in [0.1, 0.15) is 0 Å². The molecule has 0 aliphatic carbocycles. The molecule has 0 spiro atoms. The van der Waals surface area contributed by atoms with E-state index in [-0.39, 0.29) is 18.8 Å². The molecule has 0 aromatic rings. The van der Waals surface area contributed by atoms with E-state index in [0.29, 0.717) is 6.42 Å². The first-order valence-electron chi connectivity index (χ1n) is 3.80. The summed E-state index contributed by atoms with van der Waals surface area (Å²) in [5.41, 5.74) is -0.303. The molecule has 0 aliphatic heterocycles. The molecule has 0 unspecified atom stereocenters. The minimum atomic E-state index is -1.27. The summed E-state index contributed by atoms with van der Waals surface area (Å²) in [4.78, 5) is 19.7. The lowest BCUT2D eigenvalue weighted by atomic mass is 10.2. The van der Waals surface area contributed by atoms with Gasteiger partial charge in [0.25, 0.3) is 0 Å². The Morgan fingerprint density at radius 3 is 1.57 bits per heavy atom. The Morgan fingerprint density at radius 1 is 1.07 bits per heavy atom. The van der Waals surface area contributed by atoms with Gasteiger partial charge in [0, 0.05) is 18.8 Å². The Bertz CT molecular complexity index is 196. The number of rotatable bonds is 5. The van der Waals surface area contributed by atoms with Gasteiger partial charge in [-0.25, -0.2) is 4.79 Å². The summed E-state index contributed by atoms with van der Waals surface area (Å²) in [5.74, 6) is -2.44. The summed E-state index contributed by atoms with van der Waals surface area (Å²) < 4.78 is 0. The maximum atomic E-state index is 9.87. The molecule has 0 fully saturated rings. The number of hydrogen-bond donors (Lipinski definition) is 4. The maximum absolute atomic E-state index is 9.87. The number of aliphatic hydroxyl groups is 2. The highest BCUT2D eigenvalue weighted by Crippen LogP contribution is 1.95. The minimum absolute atomic E-state index is 0.0938. The smallest absolute Gasteiger partial charge is 0.331 e. The van der Waals surface area contributed by atoms with Gasteiger partial charge in [-0.15, -0.1) is 0 Å². The predicted molar refractivity (Wildman–Crippen MR) is 47.8 cm³/mol. The van der Waals surface area contributed by atoms with Gasteiger partial charge in [-0.05, 0) is 6.42 Å². The molecule has 0 atom stereocenters. The number of aliphatic hydroxyl groups excluding tert-OH is 2. The molecule has 0 rings (SSSR count). The van der Waals surface area contributed by atoms with Gasteiger partial charge >= 0.3 is 11.9 Å². The van der Waals surface area contributed by atoms with Crippen LogP contribution in [-0.2, 0) is 9.59 Å². The van der Waals surface area contributed by atoms with Crippen molar-refractivity contribution in [3.8, 4) is 0 Å². The van der Waals surface area contributed by atoms with Crippen molar-refractivity contribution in [3.05, 3.63) is 12.2 Å². The molecule has 82 valence electrons. The van der Waals surface area contributed by atoms with Crippen molar-refractivity contribution < 1.29 is 30.0 Å². The maximum Gasteiger partial charge on any atom is 0.331 e. The van der Waals surface area contributed by atoms with E-state index >= 15 is 0 Å². The molecule has 0 aliphatic rings. The van der Waals surface area contributed by atoms with Crippen LogP contribution in [0.3, 0.4) is 0 Å². The number of hydrogen-bond acceptors (Lipinski definition) is 4. The van der Waals surface area contributed by atoms with Crippen LogP contribution in [0.4, 0.5) is 0 Å². The second-order valence-electron chi connectivity index (χ2n) is 2.28. The van der Waals surface area contributed by atoms with Crippen molar-refractivity contribution in [1.82, 2.24) is 0 Å². The van der Waals surface area contributed by atoms with Crippen molar-refractivity contribution in [3.63, 3.8) is 0 Å². The van der Waals surface area contributed by atoms with Crippen LogP contribution in [0.25, 0.3) is 0 Å². The summed E-state index contributed by atoms with van der Waals surface area (Å²) in [6.45, 7) is 3.20. The van der Waals surface area contributed by atoms with Gasteiger partial charge in [0.05, 0.1) is 6.42 Å². The quantitative estimate of drug-likeness (QED) is 0.449. The summed E-state index contributed by atoms with van der Waals surface area (Å²) in [7, 11) is 0. The minimum Gasteiger partial charge on any atom is -0.481 e. The van der Waals surface area contributed by atoms with Crippen LogP contribution in [0.1, 0.15) is 12.8 Å². The number of aliphatic carboxylic acids is 2. The molecule has 0 aromatic heterocycles. The standard InChI is InChI=1S/C5H6O4.C3H8O2/c1-3(5(8)9)2-4(6)7;4-2-1-3-5/h1-2H2,(H,6,7)(H,8,9);4-5H,1-3H2. The first-order chi connectivity index (χ1) is 6.45. The highest BCUT2D eigenvalue weighted by Gasteiger charge is 2.07. The average Bonchev–Trinajstić information content (AvgIpc) is 2.05. The zero-order valence-electron chi connectivity index (χ0n) is 7.64. The molecule has 4 N–H and O–H groups in total. The lowest BCUT2D eigenvalue weighted by Crippen LogP contribution is -2.04. The Hall–Kier alpha value is -1.40. The van der Waals surface area contributed by atoms with Crippen LogP contribution < -0.4 is 0 Å². The number of carbonyl (C=O) groups is 2. The van der Waals surface area contributed by atoms with Crippen LogP contribution in [0.5, 0.6) is 0 Å². The molecule has 0 radical (unpaired) electrons. The summed E-state index contributed by atoms with van der Waals surface area (Å²) >= 11 is 0. The molecule has 0 heterocycles. The molecule has 0 aromatic carbocycles. The first-order valence-corrected chi connectivity index (χ1v) is 3.80. The summed E-state index contributed by atoms with van der Waals surface area (Å²) in [5, 5.41) is 31.9. The fourth-order valence-corrected chi connectivity index (χ4v) is 0.329. The Labute approximate surface area is 81.1 Å². The molecule has 0 amide bonds. The molecule has 0 bridgehead atoms. The van der Waals surface area contributed by atoms with Crippen molar-refractivity contribution in [2.45, 2.75) is 12.8 Å². The molecular weight excluding hydrogens is 192 g/mol. The second-order valence-corrected chi connectivity index (χ2v) is 2.28. The van der Waals surface area contributed by atoms with E-state index in [9.17, 15) is 9.59 Å². The third-order valence-corrected chi connectivity index (χ3v) is 0.983. The van der Waals surface area contributed by atoms with Crippen LogP contribution in [-0.4, -0.2) is 45.6 Å². The molecule has 0 saturated carbocycles. The van der Waals surface area contributed by atoms with Crippen LogP contribution in [0.2, 0.25) is 0 Å². The first kappa shape index (κ1) is 15.1. The van der Waals surface area contributed by atoms with Gasteiger partial charge in [0.15, 0.2) is 0 Å². The SMILES string of the molecule is C=C(CC(=O)O)C(=O)O.OCCCO. The topological polar surface area (TPSA) is 115 Å². The average molecular weight is 206 g/mol. The zero-order valence-corrected chi connectivity index (χ0v) is 7.64. The highest BCUT2D eigenvalue weighted by molar-refractivity contribution is 5.91. The summed E-state index contributed by atoms with van der Waals surface area (Å²) in [6, 6.07) is 0. The van der Waals surface area contributed by atoms with E-state index in [1.165, 1.54) is 0 Å². The molecule has 6 heteroatoms. The van der Waals surface area contributed by atoms with Gasteiger partial charge < -0.3 is 20.4 Å². The van der Waals surface area contributed by atoms with Crippen molar-refractivity contribution >= 4 is 11.9 Å². The van der Waals surface area contributed by atoms with Crippen LogP contribution in [0.15, 0.2) is 12.2 Å². The van der Waals surface area contributed by atoms with Gasteiger partial charge in [-0.1, -0.05) is 6.58 Å². The van der Waals surface area contributed by atoms with Gasteiger partial charge in [0.2, 0.25) is 0 Å². The third kappa shape index (κ3) is 13.2. The normalized spacial score (nSPS) is 8.43. The van der Waals surface area contributed by atoms with Crippen LogP contribution >= 0.6 is 0 Å². The fraction of sp³-hybridized carbons (Fsp3) is 0.500. The zero-order chi connectivity index (χ0) is 11.6. The Balaban J connectivity index is 0. The van der Waals surface area contributed by atoms with Crippen LogP contribution in [0, 0.1) is 0 Å². The van der Waals surface area contributed by atoms with E-state index in [4.69, 9.17) is 20.4 Å². The van der Waals surface area contributed by atoms with E-state index in [1.807, 2.05) is 0 Å². The fourth-order valence-electron chi connectivity index (χ4n) is 0.329. The monoisotopic (exact) mass is 206 g/mol. The van der Waals surface area contributed by atoms with E-state index in [1.54, 1.807) is 0 Å².